The highest BCUT2D eigenvalue weighted by Gasteiger charge is 2.43. The van der Waals surface area contributed by atoms with Crippen LogP contribution in [0, 0.1) is 0 Å². The van der Waals surface area contributed by atoms with E-state index in [1.54, 1.807) is 13.3 Å². The third kappa shape index (κ3) is 5.43. The first-order valence-electron chi connectivity index (χ1n) is 12.7. The minimum Gasteiger partial charge on any atom is -0.497 e. The molecule has 1 aliphatic heterocycles. The van der Waals surface area contributed by atoms with Gasteiger partial charge in [0.25, 0.3) is 5.91 Å². The quantitative estimate of drug-likeness (QED) is 0.320. The van der Waals surface area contributed by atoms with E-state index in [1.165, 1.54) is 16.7 Å². The summed E-state index contributed by atoms with van der Waals surface area (Å²) in [5, 5.41) is 4.26. The van der Waals surface area contributed by atoms with Gasteiger partial charge in [0.15, 0.2) is 0 Å². The lowest BCUT2D eigenvalue weighted by Gasteiger charge is -2.30. The van der Waals surface area contributed by atoms with Crippen molar-refractivity contribution in [3.05, 3.63) is 101 Å². The van der Waals surface area contributed by atoms with Crippen LogP contribution < -0.4 is 15.1 Å². The van der Waals surface area contributed by atoms with Gasteiger partial charge in [-0.25, -0.2) is 5.43 Å². The average Bonchev–Trinajstić information content (AvgIpc) is 3.12. The van der Waals surface area contributed by atoms with E-state index < -0.39 is 0 Å². The highest BCUT2D eigenvalue weighted by atomic mass is 16.5. The zero-order chi connectivity index (χ0) is 26.6. The Bertz CT molecular complexity index is 1310. The van der Waals surface area contributed by atoms with Crippen LogP contribution in [0.1, 0.15) is 61.7 Å². The molecule has 2 aromatic carbocycles. The van der Waals surface area contributed by atoms with E-state index in [1.807, 2.05) is 48.8 Å². The molecule has 0 saturated carbocycles. The Hall–Kier alpha value is -3.93. The Labute approximate surface area is 220 Å². The number of hydrazone groups is 1. The number of hydrogen-bond acceptors (Lipinski definition) is 5. The van der Waals surface area contributed by atoms with Crippen LogP contribution >= 0.6 is 0 Å². The molecule has 37 heavy (non-hydrogen) atoms. The van der Waals surface area contributed by atoms with E-state index in [0.717, 1.165) is 30.1 Å². The van der Waals surface area contributed by atoms with E-state index in [4.69, 9.17) is 4.74 Å². The molecule has 0 bridgehead atoms. The fraction of sp³-hybridized carbons (Fsp3) is 0.323. The zero-order valence-electron chi connectivity index (χ0n) is 22.6. The number of methoxy groups -OCH3 is 1. The van der Waals surface area contributed by atoms with Gasteiger partial charge in [-0.1, -0.05) is 32.9 Å². The van der Waals surface area contributed by atoms with Crippen LogP contribution in [0.15, 0.2) is 83.9 Å². The summed E-state index contributed by atoms with van der Waals surface area (Å²) >= 11 is 0. The summed E-state index contributed by atoms with van der Waals surface area (Å²) in [6, 6.07) is 18.0. The summed E-state index contributed by atoms with van der Waals surface area (Å²) in [6.45, 7) is 11.6. The predicted molar refractivity (Wildman–Crippen MR) is 150 cm³/mol. The molecule has 0 saturated heterocycles. The largest absolute Gasteiger partial charge is 0.497 e. The number of benzene rings is 2. The van der Waals surface area contributed by atoms with E-state index >= 15 is 0 Å². The number of fused-ring (bicyclic) bond motifs is 1. The molecule has 1 amide bonds. The number of nitrogens with one attached hydrogen (secondary N) is 1. The van der Waals surface area contributed by atoms with Crippen LogP contribution in [0.4, 0.5) is 5.69 Å². The molecule has 0 fully saturated rings. The first kappa shape index (κ1) is 26.1. The van der Waals surface area contributed by atoms with Crippen LogP contribution in [-0.2, 0) is 17.3 Å². The number of hydrogen-bond donors (Lipinski definition) is 1. The fourth-order valence-corrected chi connectivity index (χ4v) is 4.98. The van der Waals surface area contributed by atoms with Crippen LogP contribution in [0.3, 0.4) is 0 Å². The first-order chi connectivity index (χ1) is 17.7. The summed E-state index contributed by atoms with van der Waals surface area (Å²) < 4.78 is 5.56. The average molecular weight is 497 g/mol. The second kappa shape index (κ2) is 10.6. The van der Waals surface area contributed by atoms with Crippen molar-refractivity contribution in [3.63, 3.8) is 0 Å². The maximum atomic E-state index is 12.7. The third-order valence-electron chi connectivity index (χ3n) is 7.05. The number of likely N-dealkylation sites (N-methyl/N-ethyl adjacent to an activating group) is 1. The minimum absolute atomic E-state index is 0.0380. The van der Waals surface area contributed by atoms with E-state index in [-0.39, 0.29) is 16.7 Å². The van der Waals surface area contributed by atoms with Gasteiger partial charge >= 0.3 is 0 Å². The lowest BCUT2D eigenvalue weighted by atomic mass is 9.76. The fourth-order valence-electron chi connectivity index (χ4n) is 4.98. The van der Waals surface area contributed by atoms with E-state index in [2.05, 4.69) is 79.3 Å². The molecular weight excluding hydrogens is 460 g/mol. The number of nitrogens with zero attached hydrogens (tertiary/aromatic N) is 3. The van der Waals surface area contributed by atoms with Crippen molar-refractivity contribution in [2.45, 2.75) is 51.9 Å². The second-order valence-corrected chi connectivity index (χ2v) is 10.6. The van der Waals surface area contributed by atoms with Gasteiger partial charge in [-0.05, 0) is 90.9 Å². The zero-order valence-corrected chi connectivity index (χ0v) is 22.6. The Kier molecular flexibility index (Phi) is 7.48. The molecular formula is C31H36N4O2. The second-order valence-electron chi connectivity index (χ2n) is 10.6. The Morgan fingerprint density at radius 1 is 1.11 bits per heavy atom. The topological polar surface area (TPSA) is 66.8 Å². The Balaban J connectivity index is 1.61. The lowest BCUT2D eigenvalue weighted by molar-refractivity contribution is 0.0955. The standard InChI is InChI=1S/C31H36N4O2/c1-7-35-27-13-12-25(37-6)20-26(27)31(5,21-22-14-17-32-18-15-22)28(35)16-19-33-34-29(36)23-8-10-24(11-9-23)30(2,3)4/h8-20H,7,21H2,1-6H3,(H,34,36)/b28-16-,33-19+. The van der Waals surface area contributed by atoms with Gasteiger partial charge in [-0.15, -0.1) is 0 Å². The Morgan fingerprint density at radius 3 is 2.43 bits per heavy atom. The summed E-state index contributed by atoms with van der Waals surface area (Å²) in [7, 11) is 1.69. The number of pyridine rings is 1. The SMILES string of the molecule is CCN1/C(=C\C=N\NC(=O)c2ccc(C(C)(C)C)cc2)C(C)(Cc2ccncc2)c2cc(OC)ccc21. The molecule has 1 unspecified atom stereocenters. The molecule has 2 heterocycles. The maximum absolute atomic E-state index is 12.7. The smallest absolute Gasteiger partial charge is 0.271 e. The molecule has 3 aromatic rings. The van der Waals surface area contributed by atoms with Gasteiger partial charge in [-0.2, -0.15) is 5.10 Å². The van der Waals surface area contributed by atoms with Crippen molar-refractivity contribution in [2.75, 3.05) is 18.6 Å². The molecule has 1 atom stereocenters. The highest BCUT2D eigenvalue weighted by Crippen LogP contribution is 2.50. The first-order valence-corrected chi connectivity index (χ1v) is 12.7. The lowest BCUT2D eigenvalue weighted by Crippen LogP contribution is -2.31. The summed E-state index contributed by atoms with van der Waals surface area (Å²) in [4.78, 5) is 19.1. The number of aromatic nitrogens is 1. The normalized spacial score (nSPS) is 18.3. The molecule has 0 aliphatic carbocycles. The number of anilines is 1. The van der Waals surface area contributed by atoms with E-state index in [0.29, 0.717) is 5.56 Å². The number of allylic oxidation sites excluding steroid dienone is 2. The molecule has 1 aromatic heterocycles. The van der Waals surface area contributed by atoms with Crippen LogP contribution in [0.25, 0.3) is 0 Å². The number of rotatable bonds is 7. The van der Waals surface area contributed by atoms with Crippen LogP contribution in [0.2, 0.25) is 0 Å². The minimum atomic E-state index is -0.319. The van der Waals surface area contributed by atoms with Gasteiger partial charge in [-0.3, -0.25) is 9.78 Å². The molecule has 6 heteroatoms. The van der Waals surface area contributed by atoms with Gasteiger partial charge in [0.2, 0.25) is 0 Å². The summed E-state index contributed by atoms with van der Waals surface area (Å²) in [5.74, 6) is 0.594. The molecule has 1 aliphatic rings. The Morgan fingerprint density at radius 2 is 1.81 bits per heavy atom. The van der Waals surface area contributed by atoms with Crippen LogP contribution in [-0.4, -0.2) is 30.8 Å². The van der Waals surface area contributed by atoms with Gasteiger partial charge in [0.1, 0.15) is 5.75 Å². The monoisotopic (exact) mass is 496 g/mol. The number of carbonyl (C=O) groups is 1. The highest BCUT2D eigenvalue weighted by molar-refractivity contribution is 5.94. The molecule has 0 radical (unpaired) electrons. The van der Waals surface area contributed by atoms with Crippen LogP contribution in [0.5, 0.6) is 5.75 Å². The maximum Gasteiger partial charge on any atom is 0.271 e. The van der Waals surface area contributed by atoms with Crippen molar-refractivity contribution in [1.82, 2.24) is 10.4 Å². The summed E-state index contributed by atoms with van der Waals surface area (Å²) in [5.41, 5.74) is 8.82. The number of ether oxygens (including phenoxy) is 1. The van der Waals surface area contributed by atoms with Gasteiger partial charge in [0.05, 0.1) is 7.11 Å². The van der Waals surface area contributed by atoms with Crippen molar-refractivity contribution in [1.29, 1.82) is 0 Å². The van der Waals surface area contributed by atoms with E-state index in [9.17, 15) is 4.79 Å². The van der Waals surface area contributed by atoms with Crippen molar-refractivity contribution < 1.29 is 9.53 Å². The molecule has 192 valence electrons. The van der Waals surface area contributed by atoms with Crippen molar-refractivity contribution >= 4 is 17.8 Å². The molecule has 0 spiro atoms. The van der Waals surface area contributed by atoms with Crippen molar-refractivity contribution in [3.8, 4) is 5.75 Å². The predicted octanol–water partition coefficient (Wildman–Crippen LogP) is 6.03. The van der Waals surface area contributed by atoms with Crippen molar-refractivity contribution in [2.24, 2.45) is 5.10 Å². The summed E-state index contributed by atoms with van der Waals surface area (Å²) in [6.07, 6.45) is 8.12. The molecule has 6 nitrogen and oxygen atoms in total. The number of carbonyl (C=O) groups excluding carboxylic acids is 1. The number of amides is 1. The van der Waals surface area contributed by atoms with Gasteiger partial charge in [0, 0.05) is 47.5 Å². The third-order valence-corrected chi connectivity index (χ3v) is 7.05. The molecule has 4 rings (SSSR count). The molecule has 1 N–H and O–H groups in total. The van der Waals surface area contributed by atoms with Gasteiger partial charge < -0.3 is 9.64 Å².